The molecule has 6 nitrogen and oxygen atoms in total. The van der Waals surface area contributed by atoms with Gasteiger partial charge in [-0.2, -0.15) is 0 Å². The van der Waals surface area contributed by atoms with Gasteiger partial charge in [-0.3, -0.25) is 10.1 Å². The lowest BCUT2D eigenvalue weighted by molar-refractivity contribution is -0.384. The molecule has 2 aromatic heterocycles. The van der Waals surface area contributed by atoms with Crippen molar-refractivity contribution in [1.29, 1.82) is 0 Å². The van der Waals surface area contributed by atoms with Gasteiger partial charge in [-0.05, 0) is 0 Å². The Hall–Kier alpha value is -2.76. The number of non-ortho nitro benzene ring substituents is 1. The van der Waals surface area contributed by atoms with Crippen molar-refractivity contribution < 1.29 is 9.34 Å². The molecule has 0 saturated carbocycles. The van der Waals surface area contributed by atoms with Crippen LogP contribution in [0.4, 0.5) is 5.69 Å². The minimum atomic E-state index is -0.440. The smallest absolute Gasteiger partial charge is 0.270 e. The summed E-state index contributed by atoms with van der Waals surface area (Å²) in [6.07, 6.45) is 2.92. The molecule has 0 N–H and O–H groups in total. The molecule has 0 atom stereocenters. The van der Waals surface area contributed by atoms with E-state index >= 15 is 0 Å². The van der Waals surface area contributed by atoms with Gasteiger partial charge in [0.1, 0.15) is 17.5 Å². The van der Waals surface area contributed by atoms with Crippen LogP contribution in [0, 0.1) is 10.1 Å². The second-order valence-electron chi connectivity index (χ2n) is 3.66. The van der Waals surface area contributed by atoms with E-state index in [1.54, 1.807) is 18.2 Å². The molecule has 2 heterocycles. The fraction of sp³-hybridized carbons (Fsp3) is 0. The largest absolute Gasteiger partial charge is 0.460 e. The Bertz CT molecular complexity index is 736. The molecular weight excluding hydrogens is 234 g/mol. The molecule has 1 aromatic carbocycles. The molecule has 6 heteroatoms. The maximum absolute atomic E-state index is 10.7. The van der Waals surface area contributed by atoms with Crippen molar-refractivity contribution in [3.05, 3.63) is 53.0 Å². The van der Waals surface area contributed by atoms with Gasteiger partial charge in [-0.25, -0.2) is 9.97 Å². The van der Waals surface area contributed by atoms with Crippen molar-refractivity contribution in [2.45, 2.75) is 0 Å². The van der Waals surface area contributed by atoms with Crippen LogP contribution < -0.4 is 0 Å². The van der Waals surface area contributed by atoms with Crippen LogP contribution in [-0.4, -0.2) is 14.9 Å². The van der Waals surface area contributed by atoms with Crippen LogP contribution in [0.15, 0.2) is 47.3 Å². The summed E-state index contributed by atoms with van der Waals surface area (Å²) in [4.78, 5) is 18.5. The van der Waals surface area contributed by atoms with Gasteiger partial charge >= 0.3 is 0 Å². The van der Waals surface area contributed by atoms with Gasteiger partial charge in [0.05, 0.1) is 11.2 Å². The number of hydrogen-bond acceptors (Lipinski definition) is 5. The number of aromatic nitrogens is 2. The summed E-state index contributed by atoms with van der Waals surface area (Å²) in [7, 11) is 0. The standard InChI is InChI=1S/C12H7N3O3/c16-15(17)9-3-1-2-8(6-9)11-12-10(4-5-18-12)13-7-14-11/h1-7H. The third kappa shape index (κ3) is 1.60. The van der Waals surface area contributed by atoms with Gasteiger partial charge in [-0.1, -0.05) is 12.1 Å². The van der Waals surface area contributed by atoms with Crippen LogP contribution in [0.3, 0.4) is 0 Å². The molecule has 0 fully saturated rings. The molecule has 3 rings (SSSR count). The van der Waals surface area contributed by atoms with Crippen LogP contribution in [0.2, 0.25) is 0 Å². The Labute approximate surface area is 101 Å². The second-order valence-corrected chi connectivity index (χ2v) is 3.66. The van der Waals surface area contributed by atoms with Crippen molar-refractivity contribution in [3.8, 4) is 11.3 Å². The van der Waals surface area contributed by atoms with Gasteiger partial charge in [0.15, 0.2) is 5.58 Å². The van der Waals surface area contributed by atoms with Gasteiger partial charge in [0.2, 0.25) is 0 Å². The Morgan fingerprint density at radius 2 is 2.11 bits per heavy atom. The van der Waals surface area contributed by atoms with Crippen LogP contribution in [-0.2, 0) is 0 Å². The van der Waals surface area contributed by atoms with Crippen molar-refractivity contribution in [1.82, 2.24) is 9.97 Å². The SMILES string of the molecule is O=[N+]([O-])c1cccc(-c2ncnc3ccoc23)c1. The molecule has 0 unspecified atom stereocenters. The summed E-state index contributed by atoms with van der Waals surface area (Å²) < 4.78 is 5.31. The van der Waals surface area contributed by atoms with Gasteiger partial charge in [0, 0.05) is 23.8 Å². The molecule has 0 spiro atoms. The predicted octanol–water partition coefficient (Wildman–Crippen LogP) is 2.80. The first-order valence-corrected chi connectivity index (χ1v) is 5.19. The summed E-state index contributed by atoms with van der Waals surface area (Å²) in [5, 5.41) is 10.7. The van der Waals surface area contributed by atoms with E-state index in [1.807, 2.05) is 0 Å². The molecule has 0 aliphatic rings. The first kappa shape index (κ1) is 10.4. The number of benzene rings is 1. The van der Waals surface area contributed by atoms with Crippen molar-refractivity contribution >= 4 is 16.8 Å². The highest BCUT2D eigenvalue weighted by atomic mass is 16.6. The zero-order chi connectivity index (χ0) is 12.5. The number of nitro benzene ring substituents is 1. The molecule has 0 saturated heterocycles. The van der Waals surface area contributed by atoms with E-state index in [1.165, 1.54) is 24.7 Å². The number of furan rings is 1. The molecule has 18 heavy (non-hydrogen) atoms. The predicted molar refractivity (Wildman–Crippen MR) is 63.9 cm³/mol. The topological polar surface area (TPSA) is 82.1 Å². The van der Waals surface area contributed by atoms with Gasteiger partial charge < -0.3 is 4.42 Å². The van der Waals surface area contributed by atoms with Crippen LogP contribution in [0.25, 0.3) is 22.4 Å². The van der Waals surface area contributed by atoms with E-state index in [2.05, 4.69) is 9.97 Å². The summed E-state index contributed by atoms with van der Waals surface area (Å²) in [6, 6.07) is 7.98. The quantitative estimate of drug-likeness (QED) is 0.509. The molecule has 3 aromatic rings. The first-order chi connectivity index (χ1) is 8.75. The summed E-state index contributed by atoms with van der Waals surface area (Å²) in [6.45, 7) is 0. The van der Waals surface area contributed by atoms with Crippen LogP contribution in [0.5, 0.6) is 0 Å². The normalized spacial score (nSPS) is 10.7. The van der Waals surface area contributed by atoms with E-state index in [-0.39, 0.29) is 5.69 Å². The van der Waals surface area contributed by atoms with Crippen molar-refractivity contribution in [2.75, 3.05) is 0 Å². The molecule has 0 amide bonds. The number of hydrogen-bond donors (Lipinski definition) is 0. The van der Waals surface area contributed by atoms with Crippen molar-refractivity contribution in [3.63, 3.8) is 0 Å². The van der Waals surface area contributed by atoms with E-state index in [0.29, 0.717) is 22.4 Å². The highest BCUT2D eigenvalue weighted by Crippen LogP contribution is 2.28. The third-order valence-corrected chi connectivity index (χ3v) is 2.57. The Balaban J connectivity index is 2.23. The average molecular weight is 241 g/mol. The highest BCUT2D eigenvalue weighted by Gasteiger charge is 2.12. The van der Waals surface area contributed by atoms with Crippen LogP contribution in [0.1, 0.15) is 0 Å². The minimum absolute atomic E-state index is 0.0193. The second kappa shape index (κ2) is 3.92. The molecule has 0 radical (unpaired) electrons. The lowest BCUT2D eigenvalue weighted by atomic mass is 10.1. The van der Waals surface area contributed by atoms with Gasteiger partial charge in [0.25, 0.3) is 5.69 Å². The maximum Gasteiger partial charge on any atom is 0.270 e. The first-order valence-electron chi connectivity index (χ1n) is 5.19. The monoisotopic (exact) mass is 241 g/mol. The zero-order valence-electron chi connectivity index (χ0n) is 9.11. The average Bonchev–Trinajstić information content (AvgIpc) is 2.87. The fourth-order valence-corrected chi connectivity index (χ4v) is 1.76. The minimum Gasteiger partial charge on any atom is -0.460 e. The number of fused-ring (bicyclic) bond motifs is 1. The molecule has 0 bridgehead atoms. The van der Waals surface area contributed by atoms with E-state index in [9.17, 15) is 10.1 Å². The van der Waals surface area contributed by atoms with Crippen LogP contribution >= 0.6 is 0 Å². The molecule has 88 valence electrons. The Morgan fingerprint density at radius 1 is 1.22 bits per heavy atom. The van der Waals surface area contributed by atoms with Crippen molar-refractivity contribution in [2.24, 2.45) is 0 Å². The van der Waals surface area contributed by atoms with Gasteiger partial charge in [-0.15, -0.1) is 0 Å². The molecule has 0 aliphatic heterocycles. The summed E-state index contributed by atoms with van der Waals surface area (Å²) in [5.41, 5.74) is 2.40. The lowest BCUT2D eigenvalue weighted by Gasteiger charge is -2.00. The zero-order valence-corrected chi connectivity index (χ0v) is 9.11. The number of nitrogens with zero attached hydrogens (tertiary/aromatic N) is 3. The van der Waals surface area contributed by atoms with E-state index < -0.39 is 4.92 Å². The summed E-state index contributed by atoms with van der Waals surface area (Å²) >= 11 is 0. The number of nitro groups is 1. The third-order valence-electron chi connectivity index (χ3n) is 2.57. The Kier molecular flexibility index (Phi) is 2.26. The highest BCUT2D eigenvalue weighted by molar-refractivity contribution is 5.87. The Morgan fingerprint density at radius 3 is 2.94 bits per heavy atom. The lowest BCUT2D eigenvalue weighted by Crippen LogP contribution is -1.90. The van der Waals surface area contributed by atoms with E-state index in [0.717, 1.165) is 0 Å². The maximum atomic E-state index is 10.7. The van der Waals surface area contributed by atoms with E-state index in [4.69, 9.17) is 4.42 Å². The molecular formula is C12H7N3O3. The summed E-state index contributed by atoms with van der Waals surface area (Å²) in [5.74, 6) is 0. The molecule has 0 aliphatic carbocycles. The fourth-order valence-electron chi connectivity index (χ4n) is 1.76. The number of rotatable bonds is 2.